The van der Waals surface area contributed by atoms with Crippen molar-refractivity contribution in [1.29, 1.82) is 0 Å². The summed E-state index contributed by atoms with van der Waals surface area (Å²) in [6.45, 7) is 0. The van der Waals surface area contributed by atoms with Gasteiger partial charge in [-0.15, -0.1) is 0 Å². The topological polar surface area (TPSA) is 737 Å². The van der Waals surface area contributed by atoms with E-state index in [-0.39, 0.29) is 117 Å². The van der Waals surface area contributed by atoms with Crippen molar-refractivity contribution < 1.29 is 158 Å². The minimum absolute atomic E-state index is 0. The Balaban J connectivity index is -0.0000000288. The molecule has 36 nitrogen and oxygen atoms in total. The van der Waals surface area contributed by atoms with E-state index < -0.39 is 95.5 Å². The predicted octanol–water partition coefficient (Wildman–Crippen LogP) is 0.661. The van der Waals surface area contributed by atoms with Crippen LogP contribution in [0.1, 0.15) is 0 Å². The van der Waals surface area contributed by atoms with Gasteiger partial charge in [-0.05, 0) is 0 Å². The van der Waals surface area contributed by atoms with Crippen molar-refractivity contribution in [2.45, 2.75) is 0 Å². The van der Waals surface area contributed by atoms with Crippen molar-refractivity contribution >= 4 is 298 Å². The van der Waals surface area contributed by atoms with E-state index in [1.165, 1.54) is 0 Å². The van der Waals surface area contributed by atoms with Crippen LogP contribution in [-0.2, 0) is 76.7 Å². The van der Waals surface area contributed by atoms with Crippen LogP contribution in [0.2, 0.25) is 0 Å². The Kier molecular flexibility index (Phi) is 222. The van der Waals surface area contributed by atoms with E-state index in [4.69, 9.17) is 81.7 Å². The van der Waals surface area contributed by atoms with E-state index in [0.717, 1.165) is 0 Å². The molecule has 0 saturated heterocycles. The second-order valence-corrected chi connectivity index (χ2v) is 13.9. The molecule has 0 atom stereocenters. The highest BCUT2D eigenvalue weighted by atomic mass is 32.1. The Hall–Kier alpha value is -3.04. The fraction of sp³-hybridized carbons (Fsp3) is 0.500. The molecule has 0 aromatic rings. The number of hydrogen-bond acceptors (Lipinski definition) is 36. The number of hydrogen-bond donors (Lipinski definition) is 36. The first-order valence-corrected chi connectivity index (χ1v) is 27.7. The first-order valence-electron chi connectivity index (χ1n) is 17.6. The summed E-state index contributed by atoms with van der Waals surface area (Å²) in [6, 6.07) is 0. The maximum Gasteiger partial charge on any atom is 0.313 e. The number of carboxylic acids is 16. The van der Waals surface area contributed by atoms with Gasteiger partial charge in [-0.25, -0.2) is 0 Å². The molecule has 0 aromatic carbocycles. The highest BCUT2D eigenvalue weighted by molar-refractivity contribution is 7.83. The molecule has 0 aliphatic carbocycles. The lowest BCUT2D eigenvalue weighted by atomic mass is 10.8. The van der Waals surface area contributed by atoms with Crippen LogP contribution >= 0.6 is 202 Å². The number of thiol groups is 16. The van der Waals surface area contributed by atoms with Crippen LogP contribution in [0.25, 0.3) is 0 Å². The van der Waals surface area contributed by atoms with Crippen LogP contribution in [0.3, 0.4) is 0 Å². The zero-order valence-corrected chi connectivity index (χ0v) is 57.3. The molecule has 0 saturated carbocycles. The van der Waals surface area contributed by atoms with E-state index >= 15 is 0 Å². The summed E-state index contributed by atoms with van der Waals surface area (Å²) in [5.41, 5.74) is 0. The van der Waals surface area contributed by atoms with E-state index in [9.17, 15) is 76.7 Å². The Labute approximate surface area is 567 Å². The Bertz CT molecular complexity index is 1160. The first-order chi connectivity index (χ1) is 36.3. The van der Waals surface area contributed by atoms with Gasteiger partial charge in [0.2, 0.25) is 0 Å². The van der Waals surface area contributed by atoms with Gasteiger partial charge in [0.1, 0.15) is 0 Å². The van der Waals surface area contributed by atoms with Gasteiger partial charge >= 0.3 is 95.5 Å². The van der Waals surface area contributed by atoms with E-state index in [1.54, 1.807) is 0 Å². The lowest BCUT2D eigenvalue weighted by Gasteiger charge is -1.71. The van der Waals surface area contributed by atoms with Gasteiger partial charge in [-0.2, -0.15) is 202 Å². The lowest BCUT2D eigenvalue weighted by Crippen LogP contribution is -1.92. The molecular formula is C32H76N4O32S16. The van der Waals surface area contributed by atoms with Crippen molar-refractivity contribution in [3.8, 4) is 0 Å². The first kappa shape index (κ1) is 139. The zero-order chi connectivity index (χ0) is 68.6. The van der Waals surface area contributed by atoms with Gasteiger partial charge < -0.3 is 106 Å². The average molecular weight is 1540 g/mol. The SMILES string of the molecule is N.N.N.N.O=C(O)CS.O=C(O)CS.O=C(O)CS.O=C(O)CS.O=C(O)CS.O=C(O)CS.O=C(O)CS.O=C(O)CS.O=C(O)CS.O=C(O)CS.O=C(O)CS.O=C(O)CS.O=C(O)CS.O=C(O)CS.O=C(O)CS.O=C(O)CS. The summed E-state index contributed by atoms with van der Waals surface area (Å²) in [5, 5.41) is 122. The normalized spacial score (nSPS) is 7.05. The molecule has 0 spiro atoms. The molecular weight excluding hydrogens is 1470 g/mol. The summed E-state index contributed by atoms with van der Waals surface area (Å²) in [5.74, 6) is -15.4. The fourth-order valence-electron chi connectivity index (χ4n) is 0. The maximum absolute atomic E-state index is 9.29. The number of carboxylic acid groups (broad SMARTS) is 16. The molecule has 0 aromatic heterocycles. The van der Waals surface area contributed by atoms with Crippen LogP contribution < -0.4 is 24.6 Å². The van der Waals surface area contributed by atoms with Crippen LogP contribution in [0.15, 0.2) is 0 Å². The summed E-state index contributed by atoms with van der Waals surface area (Å²) in [7, 11) is 0. The number of rotatable bonds is 16. The monoisotopic (exact) mass is 1540 g/mol. The van der Waals surface area contributed by atoms with Gasteiger partial charge in [0.05, 0.1) is 92.0 Å². The van der Waals surface area contributed by atoms with Crippen LogP contribution in [0, 0.1) is 0 Å². The van der Waals surface area contributed by atoms with Crippen molar-refractivity contribution in [3.05, 3.63) is 0 Å². The zero-order valence-electron chi connectivity index (χ0n) is 43.0. The smallest absolute Gasteiger partial charge is 0.313 e. The molecule has 0 fully saturated rings. The minimum atomic E-state index is -0.881. The summed E-state index contributed by atoms with van der Waals surface area (Å²) >= 11 is 54.7. The quantitative estimate of drug-likeness (QED) is 0.0944. The molecule has 0 rings (SSSR count). The van der Waals surface area contributed by atoms with Gasteiger partial charge in [0.25, 0.3) is 0 Å². The lowest BCUT2D eigenvalue weighted by molar-refractivity contribution is -0.134. The van der Waals surface area contributed by atoms with E-state index in [0.29, 0.717) is 0 Å². The molecule has 0 aliphatic heterocycles. The molecule has 0 unspecified atom stereocenters. The second-order valence-electron chi connectivity index (χ2n) is 8.83. The van der Waals surface area contributed by atoms with Crippen LogP contribution in [-0.4, -0.2) is 269 Å². The summed E-state index contributed by atoms with van der Waals surface area (Å²) in [6.07, 6.45) is 0. The molecule has 0 amide bonds. The molecule has 28 N–H and O–H groups in total. The average Bonchev–Trinajstić information content (AvgIpc) is 3.40. The fourth-order valence-corrected chi connectivity index (χ4v) is 0. The minimum Gasteiger partial charge on any atom is -0.481 e. The summed E-state index contributed by atoms with van der Waals surface area (Å²) < 4.78 is 0. The van der Waals surface area contributed by atoms with Crippen molar-refractivity contribution in [2.24, 2.45) is 0 Å². The second kappa shape index (κ2) is 134. The van der Waals surface area contributed by atoms with E-state index in [1.807, 2.05) is 0 Å². The highest BCUT2D eigenvalue weighted by Crippen LogP contribution is 1.73. The predicted molar refractivity (Wildman–Crippen MR) is 364 cm³/mol. The van der Waals surface area contributed by atoms with Gasteiger partial charge in [0, 0.05) is 0 Å². The molecule has 512 valence electrons. The van der Waals surface area contributed by atoms with Gasteiger partial charge in [0.15, 0.2) is 0 Å². The van der Waals surface area contributed by atoms with Crippen molar-refractivity contribution in [1.82, 2.24) is 24.6 Å². The van der Waals surface area contributed by atoms with Crippen molar-refractivity contribution in [3.63, 3.8) is 0 Å². The molecule has 0 aliphatic rings. The third-order valence-corrected chi connectivity index (χ3v) is 6.49. The summed E-state index contributed by atoms with van der Waals surface area (Å²) in [4.78, 5) is 149. The Morgan fingerprint density at radius 2 is 0.143 bits per heavy atom. The standard InChI is InChI=1S/16C2H4O2S.4H3N/c16*3-2(4)1-5;;;;/h16*5H,1H2,(H,3,4);4*1H3. The number of carbonyl (C=O) groups is 16. The molecule has 52 heteroatoms. The molecule has 84 heavy (non-hydrogen) atoms. The van der Waals surface area contributed by atoms with Gasteiger partial charge in [-0.3, -0.25) is 76.7 Å². The maximum atomic E-state index is 9.29. The van der Waals surface area contributed by atoms with Crippen LogP contribution in [0.4, 0.5) is 0 Å². The Morgan fingerprint density at radius 3 is 0.143 bits per heavy atom. The van der Waals surface area contributed by atoms with Gasteiger partial charge in [-0.1, -0.05) is 0 Å². The number of aliphatic carboxylic acids is 16. The van der Waals surface area contributed by atoms with E-state index in [2.05, 4.69) is 202 Å². The van der Waals surface area contributed by atoms with Crippen molar-refractivity contribution in [2.75, 3.05) is 92.0 Å². The molecule has 0 radical (unpaired) electrons. The molecule has 0 heterocycles. The van der Waals surface area contributed by atoms with Crippen LogP contribution in [0.5, 0.6) is 0 Å². The molecule has 0 bridgehead atoms. The largest absolute Gasteiger partial charge is 0.481 e. The Morgan fingerprint density at radius 1 is 0.131 bits per heavy atom. The third kappa shape index (κ3) is 572. The highest BCUT2D eigenvalue weighted by Gasteiger charge is 1.88. The third-order valence-electron chi connectivity index (χ3n) is 2.16.